The molecule has 0 aromatic heterocycles. The van der Waals surface area contributed by atoms with E-state index in [9.17, 15) is 4.79 Å². The number of hydrogen-bond acceptors (Lipinski definition) is 2. The third-order valence-corrected chi connectivity index (χ3v) is 2.23. The van der Waals surface area contributed by atoms with Crippen LogP contribution in [0.3, 0.4) is 0 Å². The van der Waals surface area contributed by atoms with E-state index in [1.54, 1.807) is 0 Å². The molecule has 1 amide bonds. The predicted molar refractivity (Wildman–Crippen MR) is 72.4 cm³/mol. The van der Waals surface area contributed by atoms with Crippen molar-refractivity contribution in [2.24, 2.45) is 0 Å². The van der Waals surface area contributed by atoms with Gasteiger partial charge in [0.25, 0.3) is 5.91 Å². The minimum Gasteiger partial charge on any atom is -0.384 e. The Balaban J connectivity index is 2.85. The van der Waals surface area contributed by atoms with Gasteiger partial charge in [-0.25, -0.2) is 0 Å². The van der Waals surface area contributed by atoms with Crippen LogP contribution < -0.4 is 10.6 Å². The van der Waals surface area contributed by atoms with Gasteiger partial charge in [-0.15, -0.1) is 0 Å². The molecule has 0 unspecified atom stereocenters. The van der Waals surface area contributed by atoms with Crippen molar-refractivity contribution in [1.29, 1.82) is 0 Å². The fourth-order valence-electron chi connectivity index (χ4n) is 1.50. The highest BCUT2D eigenvalue weighted by atomic mass is 16.1. The first kappa shape index (κ1) is 13.6. The van der Waals surface area contributed by atoms with Crippen LogP contribution in [0.25, 0.3) is 0 Å². The van der Waals surface area contributed by atoms with E-state index in [1.807, 2.05) is 45.0 Å². The van der Waals surface area contributed by atoms with Gasteiger partial charge in [0.2, 0.25) is 0 Å². The van der Waals surface area contributed by atoms with E-state index in [0.717, 1.165) is 18.7 Å². The molecule has 2 N–H and O–H groups in total. The van der Waals surface area contributed by atoms with Crippen LogP contribution in [0.4, 0.5) is 5.69 Å². The summed E-state index contributed by atoms with van der Waals surface area (Å²) >= 11 is 0. The van der Waals surface area contributed by atoms with Crippen molar-refractivity contribution in [2.75, 3.05) is 11.9 Å². The summed E-state index contributed by atoms with van der Waals surface area (Å²) in [5, 5.41) is 6.24. The summed E-state index contributed by atoms with van der Waals surface area (Å²) in [7, 11) is 0. The highest BCUT2D eigenvalue weighted by Crippen LogP contribution is 2.16. The fourth-order valence-corrected chi connectivity index (χ4v) is 1.50. The molecule has 0 heterocycles. The lowest BCUT2D eigenvalue weighted by Gasteiger charge is -2.21. The Labute approximate surface area is 104 Å². The zero-order valence-electron chi connectivity index (χ0n) is 11.1. The molecule has 0 aliphatic carbocycles. The second-order valence-electron chi connectivity index (χ2n) is 5.18. The van der Waals surface area contributed by atoms with E-state index < -0.39 is 0 Å². The molecule has 1 aromatic carbocycles. The van der Waals surface area contributed by atoms with Crippen LogP contribution in [0.2, 0.25) is 0 Å². The normalized spacial score (nSPS) is 11.1. The smallest absolute Gasteiger partial charge is 0.253 e. The number of para-hydroxylation sites is 1. The lowest BCUT2D eigenvalue weighted by atomic mass is 10.1. The number of anilines is 1. The highest BCUT2D eigenvalue weighted by Gasteiger charge is 2.17. The largest absolute Gasteiger partial charge is 0.384 e. The van der Waals surface area contributed by atoms with Gasteiger partial charge in [-0.1, -0.05) is 19.1 Å². The van der Waals surface area contributed by atoms with Gasteiger partial charge in [0, 0.05) is 17.8 Å². The van der Waals surface area contributed by atoms with Crippen LogP contribution in [0, 0.1) is 0 Å². The topological polar surface area (TPSA) is 41.1 Å². The number of benzene rings is 1. The summed E-state index contributed by atoms with van der Waals surface area (Å²) in [4.78, 5) is 12.1. The molecule has 3 heteroatoms. The molecule has 0 spiro atoms. The summed E-state index contributed by atoms with van der Waals surface area (Å²) in [6.45, 7) is 8.91. The SMILES string of the molecule is CCCNc1ccccc1C(=O)NC(C)(C)C. The van der Waals surface area contributed by atoms with E-state index in [0.29, 0.717) is 5.56 Å². The highest BCUT2D eigenvalue weighted by molar-refractivity contribution is 5.99. The molecule has 1 aromatic rings. The molecule has 17 heavy (non-hydrogen) atoms. The first-order chi connectivity index (χ1) is 7.94. The van der Waals surface area contributed by atoms with Crippen molar-refractivity contribution in [3.8, 4) is 0 Å². The Hall–Kier alpha value is -1.51. The van der Waals surface area contributed by atoms with E-state index in [4.69, 9.17) is 0 Å². The number of nitrogens with one attached hydrogen (secondary N) is 2. The molecule has 0 aliphatic rings. The molecular formula is C14H22N2O. The van der Waals surface area contributed by atoms with Gasteiger partial charge < -0.3 is 10.6 Å². The van der Waals surface area contributed by atoms with Gasteiger partial charge in [-0.2, -0.15) is 0 Å². The van der Waals surface area contributed by atoms with Crippen molar-refractivity contribution in [1.82, 2.24) is 5.32 Å². The Bertz CT molecular complexity index is 380. The van der Waals surface area contributed by atoms with Crippen molar-refractivity contribution in [2.45, 2.75) is 39.7 Å². The number of carbonyl (C=O) groups excluding carboxylic acids is 1. The first-order valence-corrected chi connectivity index (χ1v) is 6.09. The van der Waals surface area contributed by atoms with E-state index >= 15 is 0 Å². The number of rotatable bonds is 4. The van der Waals surface area contributed by atoms with Gasteiger partial charge in [0.15, 0.2) is 0 Å². The van der Waals surface area contributed by atoms with Crippen LogP contribution in [-0.4, -0.2) is 18.0 Å². The molecule has 0 bridgehead atoms. The monoisotopic (exact) mass is 234 g/mol. The zero-order valence-corrected chi connectivity index (χ0v) is 11.1. The van der Waals surface area contributed by atoms with Crippen LogP contribution in [0.1, 0.15) is 44.5 Å². The molecule has 1 rings (SSSR count). The van der Waals surface area contributed by atoms with Gasteiger partial charge in [-0.3, -0.25) is 4.79 Å². The second kappa shape index (κ2) is 5.71. The Morgan fingerprint density at radius 2 is 1.88 bits per heavy atom. The van der Waals surface area contributed by atoms with Crippen LogP contribution in [0.5, 0.6) is 0 Å². The minimum atomic E-state index is -0.213. The van der Waals surface area contributed by atoms with Crippen LogP contribution in [-0.2, 0) is 0 Å². The molecular weight excluding hydrogens is 212 g/mol. The fraction of sp³-hybridized carbons (Fsp3) is 0.500. The minimum absolute atomic E-state index is 0.0308. The lowest BCUT2D eigenvalue weighted by Crippen LogP contribution is -2.40. The lowest BCUT2D eigenvalue weighted by molar-refractivity contribution is 0.0920. The van der Waals surface area contributed by atoms with E-state index in [-0.39, 0.29) is 11.4 Å². The number of amides is 1. The maximum absolute atomic E-state index is 12.1. The molecule has 0 fully saturated rings. The van der Waals surface area contributed by atoms with Gasteiger partial charge in [0.05, 0.1) is 5.56 Å². The standard InChI is InChI=1S/C14H22N2O/c1-5-10-15-12-9-7-6-8-11(12)13(17)16-14(2,3)4/h6-9,15H,5,10H2,1-4H3,(H,16,17). The summed E-state index contributed by atoms with van der Waals surface area (Å²) in [5.74, 6) is -0.0308. The van der Waals surface area contributed by atoms with Crippen LogP contribution >= 0.6 is 0 Å². The number of hydrogen-bond donors (Lipinski definition) is 2. The predicted octanol–water partition coefficient (Wildman–Crippen LogP) is 3.04. The van der Waals surface area contributed by atoms with Crippen molar-refractivity contribution in [3.63, 3.8) is 0 Å². The van der Waals surface area contributed by atoms with Crippen molar-refractivity contribution >= 4 is 11.6 Å². The summed E-state index contributed by atoms with van der Waals surface area (Å²) in [6, 6.07) is 7.60. The molecule has 0 atom stereocenters. The second-order valence-corrected chi connectivity index (χ2v) is 5.18. The van der Waals surface area contributed by atoms with Gasteiger partial charge >= 0.3 is 0 Å². The summed E-state index contributed by atoms with van der Waals surface area (Å²) in [5.41, 5.74) is 1.39. The molecule has 0 radical (unpaired) electrons. The quantitative estimate of drug-likeness (QED) is 0.840. The third kappa shape index (κ3) is 4.47. The first-order valence-electron chi connectivity index (χ1n) is 6.09. The van der Waals surface area contributed by atoms with E-state index in [1.165, 1.54) is 0 Å². The maximum Gasteiger partial charge on any atom is 0.253 e. The summed E-state index contributed by atoms with van der Waals surface area (Å²) < 4.78 is 0. The Morgan fingerprint density at radius 3 is 2.47 bits per heavy atom. The van der Waals surface area contributed by atoms with Crippen LogP contribution in [0.15, 0.2) is 24.3 Å². The van der Waals surface area contributed by atoms with Gasteiger partial charge in [0.1, 0.15) is 0 Å². The molecule has 0 aliphatic heterocycles. The van der Waals surface area contributed by atoms with Gasteiger partial charge in [-0.05, 0) is 39.3 Å². The molecule has 94 valence electrons. The van der Waals surface area contributed by atoms with Crippen molar-refractivity contribution < 1.29 is 4.79 Å². The average Bonchev–Trinajstić information content (AvgIpc) is 2.24. The zero-order chi connectivity index (χ0) is 12.9. The van der Waals surface area contributed by atoms with Crippen molar-refractivity contribution in [3.05, 3.63) is 29.8 Å². The number of carbonyl (C=O) groups is 1. The molecule has 3 nitrogen and oxygen atoms in total. The summed E-state index contributed by atoms with van der Waals surface area (Å²) in [6.07, 6.45) is 1.04. The maximum atomic E-state index is 12.1. The van der Waals surface area contributed by atoms with E-state index in [2.05, 4.69) is 17.6 Å². The molecule has 0 saturated carbocycles. The Kier molecular flexibility index (Phi) is 4.55. The average molecular weight is 234 g/mol. The Morgan fingerprint density at radius 1 is 1.24 bits per heavy atom. The third-order valence-electron chi connectivity index (χ3n) is 2.23. The molecule has 0 saturated heterocycles.